The van der Waals surface area contributed by atoms with Crippen molar-refractivity contribution in [1.29, 1.82) is 0 Å². The number of benzene rings is 8. The molecule has 3 nitrogen and oxygen atoms in total. The van der Waals surface area contributed by atoms with Crippen molar-refractivity contribution >= 4 is 66.2 Å². The van der Waals surface area contributed by atoms with Gasteiger partial charge in [0.25, 0.3) is 0 Å². The molecule has 0 saturated heterocycles. The van der Waals surface area contributed by atoms with Crippen LogP contribution in [0.5, 0.6) is 11.5 Å². The van der Waals surface area contributed by atoms with Crippen molar-refractivity contribution in [3.63, 3.8) is 0 Å². The number of ether oxygens (including phenoxy) is 1. The van der Waals surface area contributed by atoms with Crippen molar-refractivity contribution in [3.8, 4) is 11.5 Å². The molecule has 0 radical (unpaired) electrons. The van der Waals surface area contributed by atoms with E-state index in [1.165, 1.54) is 87.4 Å². The Morgan fingerprint density at radius 3 is 1.66 bits per heavy atom. The average Bonchev–Trinajstić information content (AvgIpc) is 3.70. The standard InChI is InChI=1S/C49H39N2O.2C2H6/c1-48(2)28-42-44(50(48)34-19-7-5-8-20-34)38-25-32-17-13-11-15-30(32)23-36(38)40-27-41-37-24-31-16-12-14-18-33(31)26-39(37)45-43(47(41)52-46(40)42)29-49(3,4)51(45)35-21-9-6-10-22-35;2*1-2/h5-27H,28-29H2,1-4H3;2*1-2H3/q+1;;. The molecule has 0 bridgehead atoms. The summed E-state index contributed by atoms with van der Waals surface area (Å²) in [6, 6.07) is 49.0. The van der Waals surface area contributed by atoms with Gasteiger partial charge in [0.1, 0.15) is 11.5 Å². The Balaban J connectivity index is 0.000000994. The predicted octanol–water partition coefficient (Wildman–Crippen LogP) is 12.9. The third-order valence-electron chi connectivity index (χ3n) is 11.9. The van der Waals surface area contributed by atoms with Gasteiger partial charge in [0.15, 0.2) is 5.54 Å². The van der Waals surface area contributed by atoms with Gasteiger partial charge < -0.3 is 9.64 Å². The number of fused-ring (bicyclic) bond motifs is 14. The maximum atomic E-state index is 7.57. The number of para-hydroxylation sites is 2. The second kappa shape index (κ2) is 13.4. The summed E-state index contributed by atoms with van der Waals surface area (Å²) in [5, 5.41) is 12.5. The van der Waals surface area contributed by atoms with Crippen LogP contribution in [0.1, 0.15) is 72.1 Å². The summed E-state index contributed by atoms with van der Waals surface area (Å²) in [6.07, 6.45) is 4.24. The molecule has 0 aliphatic carbocycles. The van der Waals surface area contributed by atoms with Crippen LogP contribution in [0.15, 0.2) is 133 Å². The summed E-state index contributed by atoms with van der Waals surface area (Å²) in [5.74, 6) is 2.02. The first-order valence-corrected chi connectivity index (χ1v) is 20.5. The number of rotatable bonds is 2. The average molecular weight is 732 g/mol. The molecule has 8 aromatic rings. The molecule has 11 rings (SSSR count). The van der Waals surface area contributed by atoms with Crippen LogP contribution in [0, 0.1) is 0 Å². The van der Waals surface area contributed by atoms with E-state index in [0.717, 1.165) is 24.3 Å². The molecule has 3 heteroatoms. The lowest BCUT2D eigenvalue weighted by atomic mass is 9.89. The van der Waals surface area contributed by atoms with E-state index in [9.17, 15) is 0 Å². The molecule has 0 N–H and O–H groups in total. The van der Waals surface area contributed by atoms with Crippen LogP contribution < -0.4 is 24.8 Å². The van der Waals surface area contributed by atoms with Gasteiger partial charge in [0.05, 0.1) is 16.6 Å². The van der Waals surface area contributed by atoms with Crippen LogP contribution >= 0.6 is 0 Å². The molecule has 0 amide bonds. The molecular weight excluding hydrogens is 681 g/mol. The minimum atomic E-state index is -0.155. The van der Waals surface area contributed by atoms with E-state index >= 15 is 0 Å². The SMILES string of the molecule is CC.CC.CC1(C)Cc2c3c(c4cc5ccccc5cc4c2N1c1ccccc1)C=c1c(c2c(c4cc5ccccc5cc14)=[N+](c1ccccc1)C(C)(C)C2)O3. The summed E-state index contributed by atoms with van der Waals surface area (Å²) in [7, 11) is 0. The normalized spacial score (nSPS) is 15.5. The Hall–Kier alpha value is -5.93. The topological polar surface area (TPSA) is 15.5 Å². The third kappa shape index (κ3) is 5.28. The maximum absolute atomic E-state index is 7.57. The van der Waals surface area contributed by atoms with E-state index in [2.05, 4.69) is 177 Å². The predicted molar refractivity (Wildman–Crippen MR) is 240 cm³/mol. The van der Waals surface area contributed by atoms with Gasteiger partial charge in [-0.15, -0.1) is 0 Å². The van der Waals surface area contributed by atoms with Gasteiger partial charge in [0.2, 0.25) is 11.0 Å². The molecule has 3 heterocycles. The van der Waals surface area contributed by atoms with Crippen LogP contribution in [-0.2, 0) is 12.8 Å². The van der Waals surface area contributed by atoms with Crippen molar-refractivity contribution in [3.05, 3.63) is 161 Å². The van der Waals surface area contributed by atoms with Crippen LogP contribution in [-0.4, -0.2) is 11.1 Å². The highest BCUT2D eigenvalue weighted by Gasteiger charge is 2.45. The maximum Gasteiger partial charge on any atom is 0.221 e. The smallest absolute Gasteiger partial charge is 0.221 e. The fourth-order valence-electron chi connectivity index (χ4n) is 9.77. The second-order valence-electron chi connectivity index (χ2n) is 16.2. The number of hydrogen-bond donors (Lipinski definition) is 0. The van der Waals surface area contributed by atoms with Crippen molar-refractivity contribution < 1.29 is 4.74 Å². The van der Waals surface area contributed by atoms with Crippen molar-refractivity contribution in [1.82, 2.24) is 4.58 Å². The Bertz CT molecular complexity index is 2980. The first-order valence-electron chi connectivity index (χ1n) is 20.5. The van der Waals surface area contributed by atoms with Crippen molar-refractivity contribution in [2.24, 2.45) is 0 Å². The summed E-state index contributed by atoms with van der Waals surface area (Å²) in [4.78, 5) is 2.57. The zero-order valence-electron chi connectivity index (χ0n) is 34.0. The molecular formula is C53H51N2O+. The fourth-order valence-corrected chi connectivity index (χ4v) is 9.77. The van der Waals surface area contributed by atoms with E-state index in [0.29, 0.717) is 0 Å². The van der Waals surface area contributed by atoms with E-state index in [-0.39, 0.29) is 11.1 Å². The summed E-state index contributed by atoms with van der Waals surface area (Å²) >= 11 is 0. The molecule has 0 atom stereocenters. The van der Waals surface area contributed by atoms with Crippen LogP contribution in [0.25, 0.3) is 49.2 Å². The Morgan fingerprint density at radius 2 is 1.05 bits per heavy atom. The van der Waals surface area contributed by atoms with Gasteiger partial charge in [0, 0.05) is 71.8 Å². The lowest BCUT2D eigenvalue weighted by Crippen LogP contribution is -2.38. The zero-order chi connectivity index (χ0) is 38.9. The third-order valence-corrected chi connectivity index (χ3v) is 11.9. The highest BCUT2D eigenvalue weighted by Crippen LogP contribution is 2.55. The van der Waals surface area contributed by atoms with Gasteiger partial charge in [-0.05, 0) is 88.6 Å². The van der Waals surface area contributed by atoms with E-state index in [4.69, 9.17) is 4.74 Å². The van der Waals surface area contributed by atoms with Gasteiger partial charge >= 0.3 is 0 Å². The quantitative estimate of drug-likeness (QED) is 0.130. The van der Waals surface area contributed by atoms with Crippen LogP contribution in [0.4, 0.5) is 17.1 Å². The molecule has 56 heavy (non-hydrogen) atoms. The Morgan fingerprint density at radius 1 is 0.536 bits per heavy atom. The summed E-state index contributed by atoms with van der Waals surface area (Å²) in [5.41, 5.74) is 7.14. The molecule has 8 aromatic carbocycles. The highest BCUT2D eigenvalue weighted by atomic mass is 16.5. The minimum Gasteiger partial charge on any atom is -0.455 e. The molecule has 0 spiro atoms. The molecule has 0 fully saturated rings. The van der Waals surface area contributed by atoms with E-state index in [1.807, 2.05) is 27.7 Å². The van der Waals surface area contributed by atoms with E-state index in [1.54, 1.807) is 0 Å². The first kappa shape index (κ1) is 35.8. The number of anilines is 2. The van der Waals surface area contributed by atoms with Crippen LogP contribution in [0.2, 0.25) is 0 Å². The molecule has 278 valence electrons. The van der Waals surface area contributed by atoms with Crippen molar-refractivity contribution in [2.45, 2.75) is 79.3 Å². The van der Waals surface area contributed by atoms with Gasteiger partial charge in [-0.3, -0.25) is 0 Å². The monoisotopic (exact) mass is 731 g/mol. The molecule has 0 aromatic heterocycles. The number of nitrogens with zero attached hydrogens (tertiary/aromatic N) is 2. The molecule has 0 unspecified atom stereocenters. The van der Waals surface area contributed by atoms with Gasteiger partial charge in [-0.25, -0.2) is 0 Å². The van der Waals surface area contributed by atoms with Gasteiger partial charge in [-0.1, -0.05) is 113 Å². The van der Waals surface area contributed by atoms with E-state index < -0.39 is 0 Å². The number of hydrogen-bond acceptors (Lipinski definition) is 2. The largest absolute Gasteiger partial charge is 0.455 e. The lowest BCUT2D eigenvalue weighted by Gasteiger charge is -2.35. The van der Waals surface area contributed by atoms with Gasteiger partial charge in [-0.2, -0.15) is 4.58 Å². The minimum absolute atomic E-state index is 0.155. The summed E-state index contributed by atoms with van der Waals surface area (Å²) in [6.45, 7) is 17.5. The molecule has 0 saturated carbocycles. The zero-order valence-corrected chi connectivity index (χ0v) is 34.0. The fraction of sp³-hybridized carbons (Fsp3) is 0.226. The Kier molecular flexibility index (Phi) is 8.54. The second-order valence-corrected chi connectivity index (χ2v) is 16.2. The molecule has 3 aliphatic rings. The highest BCUT2D eigenvalue weighted by molar-refractivity contribution is 6.12. The first-order chi connectivity index (χ1) is 27.3. The van der Waals surface area contributed by atoms with Crippen molar-refractivity contribution in [2.75, 3.05) is 4.90 Å². The van der Waals surface area contributed by atoms with Crippen LogP contribution in [0.3, 0.4) is 0 Å². The summed E-state index contributed by atoms with van der Waals surface area (Å²) < 4.78 is 10.1. The lowest BCUT2D eigenvalue weighted by molar-refractivity contribution is 0.411. The molecule has 3 aliphatic heterocycles. The Labute approximate surface area is 330 Å².